The summed E-state index contributed by atoms with van der Waals surface area (Å²) in [4.78, 5) is 14.1. The molecule has 0 saturated heterocycles. The number of H-pyrrole nitrogens is 1. The number of imidazole rings is 1. The van der Waals surface area contributed by atoms with Gasteiger partial charge in [-0.2, -0.15) is 0 Å². The van der Waals surface area contributed by atoms with Crippen LogP contribution in [0.5, 0.6) is 5.75 Å². The number of hydrogen-bond donors (Lipinski definition) is 1. The minimum atomic E-state index is -0.127. The lowest BCUT2D eigenvalue weighted by Gasteiger charge is -2.04. The highest BCUT2D eigenvalue weighted by Gasteiger charge is 2.03. The molecule has 0 unspecified atom stereocenters. The van der Waals surface area contributed by atoms with Crippen LogP contribution in [-0.2, 0) is 0 Å². The van der Waals surface area contributed by atoms with Crippen molar-refractivity contribution < 1.29 is 4.74 Å². The van der Waals surface area contributed by atoms with Crippen LogP contribution in [0.3, 0.4) is 0 Å². The lowest BCUT2D eigenvalue weighted by molar-refractivity contribution is 0.414. The van der Waals surface area contributed by atoms with Crippen molar-refractivity contribution in [1.82, 2.24) is 9.55 Å². The smallest absolute Gasteiger partial charge is 0.330 e. The molecule has 1 aromatic heterocycles. The van der Waals surface area contributed by atoms with Gasteiger partial charge < -0.3 is 9.72 Å². The van der Waals surface area contributed by atoms with Gasteiger partial charge in [-0.05, 0) is 31.2 Å². The molecule has 0 aliphatic rings. The number of hydrogen-bond acceptors (Lipinski definition) is 2. The molecule has 1 aromatic carbocycles. The summed E-state index contributed by atoms with van der Waals surface area (Å²) >= 11 is 0. The third-order valence-corrected chi connectivity index (χ3v) is 2.29. The second-order valence-electron chi connectivity index (χ2n) is 3.27. The molecule has 1 heterocycles. The van der Waals surface area contributed by atoms with Crippen LogP contribution in [0.4, 0.5) is 0 Å². The Kier molecular flexibility index (Phi) is 2.33. The van der Waals surface area contributed by atoms with E-state index in [2.05, 4.69) is 4.98 Å². The fourth-order valence-corrected chi connectivity index (χ4v) is 1.51. The molecule has 0 saturated carbocycles. The van der Waals surface area contributed by atoms with Crippen LogP contribution in [0.25, 0.3) is 5.69 Å². The molecule has 0 aliphatic carbocycles. The monoisotopic (exact) mass is 204 g/mol. The van der Waals surface area contributed by atoms with Crippen molar-refractivity contribution in [2.75, 3.05) is 7.11 Å². The maximum Gasteiger partial charge on any atom is 0.330 e. The third kappa shape index (κ3) is 1.66. The highest BCUT2D eigenvalue weighted by atomic mass is 16.5. The highest BCUT2D eigenvalue weighted by Crippen LogP contribution is 2.14. The molecule has 0 amide bonds. The van der Waals surface area contributed by atoms with Crippen molar-refractivity contribution >= 4 is 0 Å². The van der Waals surface area contributed by atoms with E-state index in [0.29, 0.717) is 0 Å². The second kappa shape index (κ2) is 3.65. The number of aromatic amines is 1. The van der Waals surface area contributed by atoms with E-state index in [1.54, 1.807) is 17.9 Å². The standard InChI is InChI=1S/C11H12N2O2/c1-8-7-12-11(14)13(8)9-3-5-10(15-2)6-4-9/h3-7H,1-2H3,(H,12,14). The molecular weight excluding hydrogens is 192 g/mol. The summed E-state index contributed by atoms with van der Waals surface area (Å²) in [5, 5.41) is 0. The molecule has 0 atom stereocenters. The molecule has 1 N–H and O–H groups in total. The molecule has 0 fully saturated rings. The Hall–Kier alpha value is -1.97. The fourth-order valence-electron chi connectivity index (χ4n) is 1.51. The van der Waals surface area contributed by atoms with Crippen LogP contribution >= 0.6 is 0 Å². The zero-order chi connectivity index (χ0) is 10.8. The Morgan fingerprint density at radius 3 is 2.40 bits per heavy atom. The van der Waals surface area contributed by atoms with E-state index in [9.17, 15) is 4.79 Å². The number of aromatic nitrogens is 2. The van der Waals surface area contributed by atoms with E-state index in [1.165, 1.54) is 0 Å². The number of rotatable bonds is 2. The average molecular weight is 204 g/mol. The molecule has 4 nitrogen and oxygen atoms in total. The van der Waals surface area contributed by atoms with Crippen molar-refractivity contribution in [3.8, 4) is 11.4 Å². The molecular formula is C11H12N2O2. The van der Waals surface area contributed by atoms with Crippen molar-refractivity contribution in [3.63, 3.8) is 0 Å². The van der Waals surface area contributed by atoms with E-state index in [0.717, 1.165) is 17.1 Å². The Balaban J connectivity index is 2.50. The van der Waals surface area contributed by atoms with Crippen molar-refractivity contribution in [3.05, 3.63) is 46.6 Å². The number of ether oxygens (including phenoxy) is 1. The predicted molar refractivity (Wildman–Crippen MR) is 57.7 cm³/mol. The maximum absolute atomic E-state index is 11.5. The van der Waals surface area contributed by atoms with Gasteiger partial charge in [-0.3, -0.25) is 4.57 Å². The summed E-state index contributed by atoms with van der Waals surface area (Å²) in [6, 6.07) is 7.35. The van der Waals surface area contributed by atoms with E-state index in [-0.39, 0.29) is 5.69 Å². The van der Waals surface area contributed by atoms with Gasteiger partial charge in [0.1, 0.15) is 5.75 Å². The first-order valence-corrected chi connectivity index (χ1v) is 4.64. The van der Waals surface area contributed by atoms with Gasteiger partial charge in [0.15, 0.2) is 0 Å². The van der Waals surface area contributed by atoms with Gasteiger partial charge in [-0.15, -0.1) is 0 Å². The Morgan fingerprint density at radius 1 is 1.27 bits per heavy atom. The zero-order valence-electron chi connectivity index (χ0n) is 8.65. The summed E-state index contributed by atoms with van der Waals surface area (Å²) in [7, 11) is 1.61. The van der Waals surface area contributed by atoms with E-state index in [1.807, 2.05) is 31.2 Å². The normalized spacial score (nSPS) is 10.3. The molecule has 2 aromatic rings. The number of benzene rings is 1. The van der Waals surface area contributed by atoms with E-state index < -0.39 is 0 Å². The van der Waals surface area contributed by atoms with Crippen LogP contribution in [0, 0.1) is 6.92 Å². The second-order valence-corrected chi connectivity index (χ2v) is 3.27. The van der Waals surface area contributed by atoms with Crippen LogP contribution in [0.1, 0.15) is 5.69 Å². The van der Waals surface area contributed by atoms with Gasteiger partial charge in [-0.1, -0.05) is 0 Å². The first-order valence-electron chi connectivity index (χ1n) is 4.64. The Labute approximate surface area is 87.1 Å². The lowest BCUT2D eigenvalue weighted by Crippen LogP contribution is -2.15. The van der Waals surface area contributed by atoms with Gasteiger partial charge >= 0.3 is 5.69 Å². The van der Waals surface area contributed by atoms with Crippen molar-refractivity contribution in [2.24, 2.45) is 0 Å². The largest absolute Gasteiger partial charge is 0.497 e. The van der Waals surface area contributed by atoms with Gasteiger partial charge in [0, 0.05) is 11.9 Å². The van der Waals surface area contributed by atoms with E-state index in [4.69, 9.17) is 4.74 Å². The molecule has 0 bridgehead atoms. The average Bonchev–Trinajstić information content (AvgIpc) is 2.59. The summed E-state index contributed by atoms with van der Waals surface area (Å²) in [6.45, 7) is 1.88. The first kappa shape index (κ1) is 9.58. The number of aryl methyl sites for hydroxylation is 1. The predicted octanol–water partition coefficient (Wildman–Crippen LogP) is 1.48. The molecule has 0 radical (unpaired) electrons. The minimum Gasteiger partial charge on any atom is -0.497 e. The van der Waals surface area contributed by atoms with Gasteiger partial charge in [0.05, 0.1) is 12.8 Å². The topological polar surface area (TPSA) is 47.0 Å². The van der Waals surface area contributed by atoms with Gasteiger partial charge in [0.25, 0.3) is 0 Å². The molecule has 15 heavy (non-hydrogen) atoms. The quantitative estimate of drug-likeness (QED) is 0.805. The number of nitrogens with zero attached hydrogens (tertiary/aromatic N) is 1. The van der Waals surface area contributed by atoms with Crippen LogP contribution in [-0.4, -0.2) is 16.7 Å². The Bertz CT molecular complexity index is 508. The molecule has 78 valence electrons. The van der Waals surface area contributed by atoms with Gasteiger partial charge in [-0.25, -0.2) is 4.79 Å². The van der Waals surface area contributed by atoms with Crippen LogP contribution < -0.4 is 10.4 Å². The minimum absolute atomic E-state index is 0.127. The van der Waals surface area contributed by atoms with Crippen molar-refractivity contribution in [2.45, 2.75) is 6.92 Å². The number of nitrogens with one attached hydrogen (secondary N) is 1. The number of methoxy groups -OCH3 is 1. The SMILES string of the molecule is COc1ccc(-n2c(C)c[nH]c2=O)cc1. The summed E-state index contributed by atoms with van der Waals surface area (Å²) in [6.07, 6.45) is 1.69. The fraction of sp³-hybridized carbons (Fsp3) is 0.182. The molecule has 0 spiro atoms. The third-order valence-electron chi connectivity index (χ3n) is 2.29. The zero-order valence-corrected chi connectivity index (χ0v) is 8.65. The lowest BCUT2D eigenvalue weighted by atomic mass is 10.3. The molecule has 0 aliphatic heterocycles. The first-order chi connectivity index (χ1) is 7.22. The summed E-state index contributed by atoms with van der Waals surface area (Å²) < 4.78 is 6.66. The highest BCUT2D eigenvalue weighted by molar-refractivity contribution is 5.38. The van der Waals surface area contributed by atoms with Crippen LogP contribution in [0.2, 0.25) is 0 Å². The molecule has 2 rings (SSSR count). The van der Waals surface area contributed by atoms with Crippen molar-refractivity contribution in [1.29, 1.82) is 0 Å². The van der Waals surface area contributed by atoms with Crippen LogP contribution in [0.15, 0.2) is 35.3 Å². The molecule has 4 heteroatoms. The van der Waals surface area contributed by atoms with E-state index >= 15 is 0 Å². The van der Waals surface area contributed by atoms with Gasteiger partial charge in [0.2, 0.25) is 0 Å². The Morgan fingerprint density at radius 2 is 1.93 bits per heavy atom. The summed E-state index contributed by atoms with van der Waals surface area (Å²) in [5.74, 6) is 0.778. The summed E-state index contributed by atoms with van der Waals surface area (Å²) in [5.41, 5.74) is 1.59. The maximum atomic E-state index is 11.5.